The molecule has 1 aromatic rings. The normalized spacial score (nSPS) is 12.6. The van der Waals surface area contributed by atoms with Gasteiger partial charge in [-0.05, 0) is 12.1 Å². The molecule has 0 aromatic heterocycles. The number of nitrogens with two attached hydrogens (primary N) is 1. The second kappa shape index (κ2) is 5.97. The molecule has 0 saturated heterocycles. The monoisotopic (exact) mass is 271 g/mol. The van der Waals surface area contributed by atoms with E-state index in [0.717, 1.165) is 0 Å². The Morgan fingerprint density at radius 2 is 1.76 bits per heavy atom. The fourth-order valence-electron chi connectivity index (χ4n) is 1.25. The Morgan fingerprint density at radius 3 is 2.18 bits per heavy atom. The summed E-state index contributed by atoms with van der Waals surface area (Å²) in [6, 6.07) is 1.95. The zero-order chi connectivity index (χ0) is 12.3. The van der Waals surface area contributed by atoms with Crippen LogP contribution in [-0.4, -0.2) is 20.4 Å². The molecule has 0 aliphatic carbocycles. The SMILES string of the molecule is COc1ccc(C(N)C(F)(F)F)c(OC)c1.Cl. The number of benzene rings is 1. The lowest BCUT2D eigenvalue weighted by atomic mass is 10.1. The van der Waals surface area contributed by atoms with E-state index in [9.17, 15) is 13.2 Å². The topological polar surface area (TPSA) is 44.5 Å². The van der Waals surface area contributed by atoms with Crippen molar-refractivity contribution in [2.24, 2.45) is 5.73 Å². The summed E-state index contributed by atoms with van der Waals surface area (Å²) in [6.07, 6.45) is -4.50. The molecule has 1 atom stereocenters. The summed E-state index contributed by atoms with van der Waals surface area (Å²) in [5, 5.41) is 0. The molecule has 1 unspecified atom stereocenters. The Balaban J connectivity index is 0.00000256. The van der Waals surface area contributed by atoms with Crippen LogP contribution in [0.1, 0.15) is 11.6 Å². The lowest BCUT2D eigenvalue weighted by Gasteiger charge is -2.18. The molecule has 0 fully saturated rings. The minimum Gasteiger partial charge on any atom is -0.497 e. The molecule has 0 radical (unpaired) electrons. The van der Waals surface area contributed by atoms with Crippen LogP contribution in [0.15, 0.2) is 18.2 Å². The Hall–Kier alpha value is -1.14. The number of hydrogen-bond donors (Lipinski definition) is 1. The van der Waals surface area contributed by atoms with Gasteiger partial charge >= 0.3 is 6.18 Å². The van der Waals surface area contributed by atoms with Gasteiger partial charge in [0, 0.05) is 11.6 Å². The minimum atomic E-state index is -4.50. The summed E-state index contributed by atoms with van der Waals surface area (Å²) in [6.45, 7) is 0. The van der Waals surface area contributed by atoms with Gasteiger partial charge in [0.2, 0.25) is 0 Å². The number of methoxy groups -OCH3 is 2. The first-order chi connectivity index (χ1) is 7.40. The van der Waals surface area contributed by atoms with Crippen LogP contribution in [0.5, 0.6) is 11.5 Å². The highest BCUT2D eigenvalue weighted by Crippen LogP contribution is 2.36. The molecule has 0 amide bonds. The van der Waals surface area contributed by atoms with Crippen LogP contribution in [0, 0.1) is 0 Å². The van der Waals surface area contributed by atoms with Gasteiger partial charge < -0.3 is 15.2 Å². The van der Waals surface area contributed by atoms with Gasteiger partial charge in [-0.2, -0.15) is 13.2 Å². The first-order valence-corrected chi connectivity index (χ1v) is 4.44. The molecule has 1 aromatic carbocycles. The van der Waals surface area contributed by atoms with Crippen molar-refractivity contribution >= 4 is 12.4 Å². The molecule has 0 heterocycles. The summed E-state index contributed by atoms with van der Waals surface area (Å²) < 4.78 is 47.0. The standard InChI is InChI=1S/C10H12F3NO2.ClH/c1-15-6-3-4-7(8(5-6)16-2)9(14)10(11,12)13;/h3-5,9H,14H2,1-2H3;1H. The molecule has 0 spiro atoms. The van der Waals surface area contributed by atoms with Crippen LogP contribution in [0.25, 0.3) is 0 Å². The first-order valence-electron chi connectivity index (χ1n) is 4.44. The molecule has 17 heavy (non-hydrogen) atoms. The van der Waals surface area contributed by atoms with Gasteiger partial charge in [-0.3, -0.25) is 0 Å². The third-order valence-corrected chi connectivity index (χ3v) is 2.13. The van der Waals surface area contributed by atoms with E-state index >= 15 is 0 Å². The Bertz CT molecular complexity index is 371. The van der Waals surface area contributed by atoms with Crippen molar-refractivity contribution in [3.05, 3.63) is 23.8 Å². The quantitative estimate of drug-likeness (QED) is 0.919. The largest absolute Gasteiger partial charge is 0.497 e. The third-order valence-electron chi connectivity index (χ3n) is 2.13. The maximum Gasteiger partial charge on any atom is 0.407 e. The van der Waals surface area contributed by atoms with Crippen LogP contribution in [0.3, 0.4) is 0 Å². The lowest BCUT2D eigenvalue weighted by molar-refractivity contribution is -0.149. The van der Waals surface area contributed by atoms with Crippen molar-refractivity contribution < 1.29 is 22.6 Å². The predicted molar refractivity (Wildman–Crippen MR) is 59.8 cm³/mol. The summed E-state index contributed by atoms with van der Waals surface area (Å²) >= 11 is 0. The molecule has 1 rings (SSSR count). The fourth-order valence-corrected chi connectivity index (χ4v) is 1.25. The summed E-state index contributed by atoms with van der Waals surface area (Å²) in [5.74, 6) is 0.471. The zero-order valence-corrected chi connectivity index (χ0v) is 10.1. The number of halogens is 4. The molecule has 0 bridgehead atoms. The van der Waals surface area contributed by atoms with Gasteiger partial charge in [0.25, 0.3) is 0 Å². The van der Waals surface area contributed by atoms with E-state index < -0.39 is 12.2 Å². The summed E-state index contributed by atoms with van der Waals surface area (Å²) in [7, 11) is 2.69. The first kappa shape index (κ1) is 15.9. The van der Waals surface area contributed by atoms with Crippen molar-refractivity contribution in [3.8, 4) is 11.5 Å². The maximum absolute atomic E-state index is 12.4. The van der Waals surface area contributed by atoms with Crippen LogP contribution in [0.4, 0.5) is 13.2 Å². The predicted octanol–water partition coefficient (Wildman–Crippen LogP) is 2.69. The van der Waals surface area contributed by atoms with Gasteiger partial charge in [-0.15, -0.1) is 12.4 Å². The number of hydrogen-bond acceptors (Lipinski definition) is 3. The van der Waals surface area contributed by atoms with Gasteiger partial charge in [-0.1, -0.05) is 0 Å². The fraction of sp³-hybridized carbons (Fsp3) is 0.400. The second-order valence-electron chi connectivity index (χ2n) is 3.13. The van der Waals surface area contributed by atoms with Crippen molar-refractivity contribution in [2.45, 2.75) is 12.2 Å². The summed E-state index contributed by atoms with van der Waals surface area (Å²) in [5.41, 5.74) is 4.98. The van der Waals surface area contributed by atoms with Gasteiger partial charge in [0.15, 0.2) is 0 Å². The van der Waals surface area contributed by atoms with Crippen molar-refractivity contribution in [1.82, 2.24) is 0 Å². The average Bonchev–Trinajstić information content (AvgIpc) is 2.26. The summed E-state index contributed by atoms with van der Waals surface area (Å²) in [4.78, 5) is 0. The van der Waals surface area contributed by atoms with Crippen LogP contribution >= 0.6 is 12.4 Å². The van der Waals surface area contributed by atoms with E-state index in [1.54, 1.807) is 0 Å². The number of alkyl halides is 3. The highest BCUT2D eigenvalue weighted by molar-refractivity contribution is 5.85. The molecule has 98 valence electrons. The van der Waals surface area contributed by atoms with E-state index in [1.807, 2.05) is 0 Å². The van der Waals surface area contributed by atoms with E-state index in [2.05, 4.69) is 0 Å². The molecular formula is C10H13ClF3NO2. The molecule has 0 aliphatic rings. The highest BCUT2D eigenvalue weighted by atomic mass is 35.5. The average molecular weight is 272 g/mol. The molecular weight excluding hydrogens is 259 g/mol. The third kappa shape index (κ3) is 3.67. The van der Waals surface area contributed by atoms with Gasteiger partial charge in [0.05, 0.1) is 14.2 Å². The number of ether oxygens (including phenoxy) is 2. The molecule has 0 aliphatic heterocycles. The van der Waals surface area contributed by atoms with E-state index in [1.165, 1.54) is 32.4 Å². The minimum absolute atomic E-state index is 0. The Labute approximate surface area is 103 Å². The molecule has 2 N–H and O–H groups in total. The molecule has 7 heteroatoms. The van der Waals surface area contributed by atoms with Crippen LogP contribution < -0.4 is 15.2 Å². The van der Waals surface area contributed by atoms with E-state index in [-0.39, 0.29) is 23.7 Å². The highest BCUT2D eigenvalue weighted by Gasteiger charge is 2.39. The maximum atomic E-state index is 12.4. The smallest absolute Gasteiger partial charge is 0.407 e. The molecule has 0 saturated carbocycles. The van der Waals surface area contributed by atoms with Crippen LogP contribution in [0.2, 0.25) is 0 Å². The second-order valence-corrected chi connectivity index (χ2v) is 3.13. The lowest BCUT2D eigenvalue weighted by Crippen LogP contribution is -2.28. The number of rotatable bonds is 3. The van der Waals surface area contributed by atoms with E-state index in [0.29, 0.717) is 5.75 Å². The van der Waals surface area contributed by atoms with Gasteiger partial charge in [-0.25, -0.2) is 0 Å². The van der Waals surface area contributed by atoms with E-state index in [4.69, 9.17) is 15.2 Å². The van der Waals surface area contributed by atoms with Gasteiger partial charge in [0.1, 0.15) is 17.5 Å². The zero-order valence-electron chi connectivity index (χ0n) is 9.25. The van der Waals surface area contributed by atoms with Crippen molar-refractivity contribution in [1.29, 1.82) is 0 Å². The Kier molecular flexibility index (Phi) is 5.57. The Morgan fingerprint density at radius 1 is 1.18 bits per heavy atom. The molecule has 3 nitrogen and oxygen atoms in total. The van der Waals surface area contributed by atoms with Crippen molar-refractivity contribution in [2.75, 3.05) is 14.2 Å². The van der Waals surface area contributed by atoms with Crippen LogP contribution in [-0.2, 0) is 0 Å². The van der Waals surface area contributed by atoms with Crippen molar-refractivity contribution in [3.63, 3.8) is 0 Å².